The zero-order valence-electron chi connectivity index (χ0n) is 18.5. The Morgan fingerprint density at radius 2 is 1.85 bits per heavy atom. The van der Waals surface area contributed by atoms with Gasteiger partial charge in [-0.3, -0.25) is 4.79 Å². The molecule has 1 amide bonds. The second-order valence-corrected chi connectivity index (χ2v) is 8.60. The van der Waals surface area contributed by atoms with Crippen LogP contribution in [0.2, 0.25) is 0 Å². The third-order valence-corrected chi connectivity index (χ3v) is 6.29. The van der Waals surface area contributed by atoms with Crippen LogP contribution in [0.4, 0.5) is 5.69 Å². The SMILES string of the molecule is COc1ccc(C)cc1NC(=O)[C@@H](Sc1nnc(-c2ccc3c(c2)OCO3)o1)c1ccccc1. The van der Waals surface area contributed by atoms with Crippen LogP contribution in [-0.2, 0) is 4.79 Å². The molecule has 4 aromatic rings. The van der Waals surface area contributed by atoms with Crippen molar-refractivity contribution in [2.45, 2.75) is 17.4 Å². The molecule has 5 rings (SSSR count). The van der Waals surface area contributed by atoms with Crippen LogP contribution in [0.1, 0.15) is 16.4 Å². The first-order valence-corrected chi connectivity index (χ1v) is 11.4. The van der Waals surface area contributed by atoms with Crippen molar-refractivity contribution in [3.05, 3.63) is 77.9 Å². The second kappa shape index (κ2) is 9.48. The smallest absolute Gasteiger partial charge is 0.277 e. The molecule has 1 atom stereocenters. The highest BCUT2D eigenvalue weighted by Crippen LogP contribution is 2.39. The van der Waals surface area contributed by atoms with Gasteiger partial charge in [-0.25, -0.2) is 0 Å². The van der Waals surface area contributed by atoms with Gasteiger partial charge >= 0.3 is 0 Å². The molecule has 0 fully saturated rings. The van der Waals surface area contributed by atoms with E-state index < -0.39 is 5.25 Å². The van der Waals surface area contributed by atoms with Crippen molar-refractivity contribution in [1.82, 2.24) is 10.2 Å². The van der Waals surface area contributed by atoms with Crippen LogP contribution in [0.5, 0.6) is 17.2 Å². The summed E-state index contributed by atoms with van der Waals surface area (Å²) in [6.45, 7) is 2.14. The molecule has 2 heterocycles. The van der Waals surface area contributed by atoms with E-state index in [1.165, 1.54) is 11.8 Å². The molecule has 0 spiro atoms. The van der Waals surface area contributed by atoms with E-state index in [9.17, 15) is 4.79 Å². The summed E-state index contributed by atoms with van der Waals surface area (Å²) in [5, 5.41) is 10.9. The average molecular weight is 476 g/mol. The van der Waals surface area contributed by atoms with E-state index in [1.807, 2.05) is 61.5 Å². The summed E-state index contributed by atoms with van der Waals surface area (Å²) < 4.78 is 22.1. The quantitative estimate of drug-likeness (QED) is 0.362. The van der Waals surface area contributed by atoms with Crippen molar-refractivity contribution in [2.75, 3.05) is 19.2 Å². The summed E-state index contributed by atoms with van der Waals surface area (Å²) in [4.78, 5) is 13.4. The van der Waals surface area contributed by atoms with Crippen LogP contribution in [0.3, 0.4) is 0 Å². The maximum Gasteiger partial charge on any atom is 0.277 e. The molecule has 34 heavy (non-hydrogen) atoms. The Kier molecular flexibility index (Phi) is 6.09. The number of thioether (sulfide) groups is 1. The van der Waals surface area contributed by atoms with E-state index in [0.29, 0.717) is 34.4 Å². The van der Waals surface area contributed by atoms with Crippen molar-refractivity contribution in [3.8, 4) is 28.7 Å². The Hall–Kier alpha value is -3.98. The first kappa shape index (κ1) is 21.8. The van der Waals surface area contributed by atoms with Gasteiger partial charge in [0.1, 0.15) is 11.0 Å². The van der Waals surface area contributed by atoms with Crippen molar-refractivity contribution >= 4 is 23.4 Å². The van der Waals surface area contributed by atoms with Gasteiger partial charge in [0.15, 0.2) is 11.5 Å². The molecule has 172 valence electrons. The lowest BCUT2D eigenvalue weighted by molar-refractivity contribution is -0.115. The third kappa shape index (κ3) is 4.55. The molecule has 0 saturated carbocycles. The Balaban J connectivity index is 1.40. The fourth-order valence-electron chi connectivity index (χ4n) is 3.52. The van der Waals surface area contributed by atoms with Gasteiger partial charge in [0.25, 0.3) is 5.22 Å². The average Bonchev–Trinajstić information content (AvgIpc) is 3.52. The van der Waals surface area contributed by atoms with Gasteiger partial charge in [-0.15, -0.1) is 10.2 Å². The number of amides is 1. The number of anilines is 1. The number of carbonyl (C=O) groups is 1. The second-order valence-electron chi connectivity index (χ2n) is 7.54. The summed E-state index contributed by atoms with van der Waals surface area (Å²) in [5.74, 6) is 1.97. The normalized spacial score (nSPS) is 12.9. The summed E-state index contributed by atoms with van der Waals surface area (Å²) in [5.41, 5.74) is 3.11. The van der Waals surface area contributed by atoms with Crippen LogP contribution in [0.25, 0.3) is 11.5 Å². The fraction of sp³-hybridized carbons (Fsp3) is 0.160. The minimum Gasteiger partial charge on any atom is -0.495 e. The minimum atomic E-state index is -0.628. The van der Waals surface area contributed by atoms with Crippen LogP contribution in [0, 0.1) is 6.92 Å². The van der Waals surface area contributed by atoms with E-state index >= 15 is 0 Å². The summed E-state index contributed by atoms with van der Waals surface area (Å²) in [6.07, 6.45) is 0. The Labute approximate surface area is 200 Å². The standard InChI is InChI=1S/C25H21N3O5S/c1-15-8-10-19(30-2)18(12-15)26-23(29)22(16-6-4-3-5-7-16)34-25-28-27-24(33-25)17-9-11-20-21(13-17)32-14-31-20/h3-13,22H,14H2,1-2H3,(H,26,29)/t22-/m0/s1. The zero-order valence-corrected chi connectivity index (χ0v) is 19.3. The molecule has 3 aromatic carbocycles. The molecule has 8 nitrogen and oxygen atoms in total. The predicted molar refractivity (Wildman–Crippen MR) is 127 cm³/mol. The van der Waals surface area contributed by atoms with E-state index in [0.717, 1.165) is 11.1 Å². The van der Waals surface area contributed by atoms with E-state index in [2.05, 4.69) is 15.5 Å². The molecule has 1 aromatic heterocycles. The maximum atomic E-state index is 13.4. The number of ether oxygens (including phenoxy) is 3. The van der Waals surface area contributed by atoms with Crippen LogP contribution < -0.4 is 19.5 Å². The molecule has 0 saturated heterocycles. The first-order chi connectivity index (χ1) is 16.6. The highest BCUT2D eigenvalue weighted by Gasteiger charge is 2.26. The number of nitrogens with one attached hydrogen (secondary N) is 1. The van der Waals surface area contributed by atoms with Gasteiger partial charge in [-0.1, -0.05) is 36.4 Å². The highest BCUT2D eigenvalue weighted by atomic mass is 32.2. The Morgan fingerprint density at radius 3 is 2.68 bits per heavy atom. The number of aromatic nitrogens is 2. The van der Waals surface area contributed by atoms with Gasteiger partial charge in [0.2, 0.25) is 18.6 Å². The molecular formula is C25H21N3O5S. The monoisotopic (exact) mass is 475 g/mol. The molecule has 1 aliphatic rings. The number of fused-ring (bicyclic) bond motifs is 1. The number of aryl methyl sites for hydroxylation is 1. The topological polar surface area (TPSA) is 95.7 Å². The third-order valence-electron chi connectivity index (χ3n) is 5.20. The number of carbonyl (C=O) groups excluding carboxylic acids is 1. The highest BCUT2D eigenvalue weighted by molar-refractivity contribution is 8.00. The maximum absolute atomic E-state index is 13.4. The number of benzene rings is 3. The first-order valence-electron chi connectivity index (χ1n) is 10.5. The molecule has 9 heteroatoms. The summed E-state index contributed by atoms with van der Waals surface area (Å²) in [7, 11) is 1.57. The predicted octanol–water partition coefficient (Wildman–Crippen LogP) is 5.25. The molecule has 1 aliphatic heterocycles. The number of hydrogen-bond donors (Lipinski definition) is 1. The van der Waals surface area contributed by atoms with Crippen LogP contribution in [0.15, 0.2) is 76.4 Å². The zero-order chi connectivity index (χ0) is 23.5. The molecule has 0 bridgehead atoms. The van der Waals surface area contributed by atoms with E-state index in [4.69, 9.17) is 18.6 Å². The van der Waals surface area contributed by atoms with Gasteiger partial charge in [-0.2, -0.15) is 0 Å². The van der Waals surface area contributed by atoms with Gasteiger partial charge < -0.3 is 23.9 Å². The molecule has 0 aliphatic carbocycles. The Morgan fingerprint density at radius 1 is 1.03 bits per heavy atom. The van der Waals surface area contributed by atoms with Gasteiger partial charge in [0, 0.05) is 5.56 Å². The molecule has 1 N–H and O–H groups in total. The van der Waals surface area contributed by atoms with Crippen LogP contribution in [-0.4, -0.2) is 30.0 Å². The van der Waals surface area contributed by atoms with Crippen molar-refractivity contribution < 1.29 is 23.4 Å². The largest absolute Gasteiger partial charge is 0.495 e. The van der Waals surface area contributed by atoms with E-state index in [1.54, 1.807) is 19.2 Å². The lowest BCUT2D eigenvalue weighted by atomic mass is 10.1. The van der Waals surface area contributed by atoms with Crippen molar-refractivity contribution in [3.63, 3.8) is 0 Å². The van der Waals surface area contributed by atoms with Gasteiger partial charge in [-0.05, 0) is 60.1 Å². The van der Waals surface area contributed by atoms with Crippen molar-refractivity contribution in [1.29, 1.82) is 0 Å². The number of nitrogens with zero attached hydrogens (tertiary/aromatic N) is 2. The number of rotatable bonds is 7. The van der Waals surface area contributed by atoms with Crippen LogP contribution >= 0.6 is 11.8 Å². The molecule has 0 unspecified atom stereocenters. The van der Waals surface area contributed by atoms with Gasteiger partial charge in [0.05, 0.1) is 12.8 Å². The summed E-state index contributed by atoms with van der Waals surface area (Å²) in [6, 6.07) is 20.5. The summed E-state index contributed by atoms with van der Waals surface area (Å²) >= 11 is 1.18. The fourth-order valence-corrected chi connectivity index (χ4v) is 4.40. The lowest BCUT2D eigenvalue weighted by Crippen LogP contribution is -2.19. The minimum absolute atomic E-state index is 0.184. The Bertz CT molecular complexity index is 1330. The molecule has 0 radical (unpaired) electrons. The van der Waals surface area contributed by atoms with Crippen molar-refractivity contribution in [2.24, 2.45) is 0 Å². The molecular weight excluding hydrogens is 454 g/mol. The number of methoxy groups -OCH3 is 1. The number of hydrogen-bond acceptors (Lipinski definition) is 8. The van der Waals surface area contributed by atoms with E-state index in [-0.39, 0.29) is 17.9 Å². The lowest BCUT2D eigenvalue weighted by Gasteiger charge is -2.17.